The lowest BCUT2D eigenvalue weighted by Gasteiger charge is -2.24. The molecular formula is C14H25N3O2. The minimum atomic E-state index is 0.136. The van der Waals surface area contributed by atoms with Gasteiger partial charge in [0.2, 0.25) is 0 Å². The molecule has 1 unspecified atom stereocenters. The summed E-state index contributed by atoms with van der Waals surface area (Å²) in [5, 5.41) is 13.6. The summed E-state index contributed by atoms with van der Waals surface area (Å²) >= 11 is 0. The fourth-order valence-electron chi connectivity index (χ4n) is 2.96. The van der Waals surface area contributed by atoms with Gasteiger partial charge in [0, 0.05) is 31.0 Å². The minimum Gasteiger partial charge on any atom is -0.394 e. The highest BCUT2D eigenvalue weighted by Crippen LogP contribution is 2.23. The van der Waals surface area contributed by atoms with E-state index >= 15 is 0 Å². The number of nitrogens with zero attached hydrogens (tertiary/aromatic N) is 3. The normalized spacial score (nSPS) is 20.3. The van der Waals surface area contributed by atoms with Crippen LogP contribution >= 0.6 is 0 Å². The number of aromatic nitrogens is 2. The second-order valence-electron chi connectivity index (χ2n) is 5.32. The Labute approximate surface area is 115 Å². The Balaban J connectivity index is 2.10. The number of hydrogen-bond acceptors (Lipinski definition) is 4. The molecule has 5 heteroatoms. The highest BCUT2D eigenvalue weighted by atomic mass is 16.5. The molecule has 1 aliphatic rings. The maximum atomic E-state index is 9.05. The highest BCUT2D eigenvalue weighted by molar-refractivity contribution is 5.24. The van der Waals surface area contributed by atoms with Crippen LogP contribution < -0.4 is 0 Å². The molecule has 0 radical (unpaired) electrons. The molecular weight excluding hydrogens is 242 g/mol. The average Bonchev–Trinajstić information content (AvgIpc) is 2.91. The molecule has 1 aromatic heterocycles. The lowest BCUT2D eigenvalue weighted by molar-refractivity contribution is 0.111. The summed E-state index contributed by atoms with van der Waals surface area (Å²) in [7, 11) is 1.77. The van der Waals surface area contributed by atoms with Crippen LogP contribution in [0.1, 0.15) is 29.8 Å². The molecule has 19 heavy (non-hydrogen) atoms. The number of hydrogen-bond donors (Lipinski definition) is 1. The second kappa shape index (κ2) is 6.50. The van der Waals surface area contributed by atoms with Gasteiger partial charge in [0.25, 0.3) is 0 Å². The van der Waals surface area contributed by atoms with Crippen LogP contribution in [0.3, 0.4) is 0 Å². The van der Waals surface area contributed by atoms with E-state index in [0.717, 1.165) is 25.4 Å². The Morgan fingerprint density at radius 1 is 1.42 bits per heavy atom. The molecule has 2 rings (SSSR count). The Morgan fingerprint density at radius 2 is 2.21 bits per heavy atom. The Hall–Kier alpha value is -0.910. The van der Waals surface area contributed by atoms with Crippen molar-refractivity contribution in [2.75, 3.05) is 26.9 Å². The smallest absolute Gasteiger partial charge is 0.0644 e. The highest BCUT2D eigenvalue weighted by Gasteiger charge is 2.26. The van der Waals surface area contributed by atoms with E-state index in [0.29, 0.717) is 12.6 Å². The van der Waals surface area contributed by atoms with Crippen molar-refractivity contribution in [1.29, 1.82) is 0 Å². The zero-order chi connectivity index (χ0) is 13.8. The van der Waals surface area contributed by atoms with Crippen LogP contribution in [0.2, 0.25) is 0 Å². The first-order valence-electron chi connectivity index (χ1n) is 7.04. The third-order valence-corrected chi connectivity index (χ3v) is 4.06. The van der Waals surface area contributed by atoms with Gasteiger partial charge in [-0.05, 0) is 33.2 Å². The van der Waals surface area contributed by atoms with Gasteiger partial charge >= 0.3 is 0 Å². The van der Waals surface area contributed by atoms with Gasteiger partial charge in [-0.1, -0.05) is 0 Å². The molecule has 0 aliphatic carbocycles. The molecule has 5 nitrogen and oxygen atoms in total. The van der Waals surface area contributed by atoms with Gasteiger partial charge < -0.3 is 9.84 Å². The summed E-state index contributed by atoms with van der Waals surface area (Å²) in [5.74, 6) is 0. The van der Waals surface area contributed by atoms with Gasteiger partial charge in [-0.15, -0.1) is 0 Å². The van der Waals surface area contributed by atoms with Crippen LogP contribution in [0.5, 0.6) is 0 Å². The third kappa shape index (κ3) is 3.16. The molecule has 0 amide bonds. The second-order valence-corrected chi connectivity index (χ2v) is 5.32. The van der Waals surface area contributed by atoms with Gasteiger partial charge in [0.15, 0.2) is 0 Å². The fourth-order valence-corrected chi connectivity index (χ4v) is 2.96. The number of aryl methyl sites for hydroxylation is 1. The first kappa shape index (κ1) is 14.5. The molecule has 0 spiro atoms. The summed E-state index contributed by atoms with van der Waals surface area (Å²) in [5.41, 5.74) is 3.56. The van der Waals surface area contributed by atoms with Crippen molar-refractivity contribution in [3.05, 3.63) is 17.0 Å². The summed E-state index contributed by atoms with van der Waals surface area (Å²) in [6.45, 7) is 7.74. The minimum absolute atomic E-state index is 0.136. The quantitative estimate of drug-likeness (QED) is 0.838. The van der Waals surface area contributed by atoms with E-state index in [1.54, 1.807) is 7.11 Å². The zero-order valence-corrected chi connectivity index (χ0v) is 12.2. The molecule has 0 saturated carbocycles. The van der Waals surface area contributed by atoms with Crippen LogP contribution in [-0.2, 0) is 17.8 Å². The summed E-state index contributed by atoms with van der Waals surface area (Å²) in [6, 6.07) is 0.532. The molecule has 0 aromatic carbocycles. The molecule has 0 bridgehead atoms. The fraction of sp³-hybridized carbons (Fsp3) is 0.786. The van der Waals surface area contributed by atoms with Crippen LogP contribution in [-0.4, -0.2) is 52.7 Å². The molecule has 108 valence electrons. The molecule has 1 N–H and O–H groups in total. The maximum Gasteiger partial charge on any atom is 0.0644 e. The van der Waals surface area contributed by atoms with E-state index in [1.165, 1.54) is 24.1 Å². The molecule has 1 atom stereocenters. The number of methoxy groups -OCH3 is 1. The van der Waals surface area contributed by atoms with Gasteiger partial charge in [-0.2, -0.15) is 5.10 Å². The summed E-state index contributed by atoms with van der Waals surface area (Å²) in [4.78, 5) is 2.49. The topological polar surface area (TPSA) is 50.5 Å². The lowest BCUT2D eigenvalue weighted by Crippen LogP contribution is -2.32. The molecule has 1 fully saturated rings. The molecule has 1 aliphatic heterocycles. The number of likely N-dealkylation sites (tertiary alicyclic amines) is 1. The van der Waals surface area contributed by atoms with Gasteiger partial charge in [0.1, 0.15) is 0 Å². The van der Waals surface area contributed by atoms with Crippen molar-refractivity contribution in [2.45, 2.75) is 45.8 Å². The largest absolute Gasteiger partial charge is 0.394 e. The van der Waals surface area contributed by atoms with Crippen LogP contribution in [0, 0.1) is 13.8 Å². The van der Waals surface area contributed by atoms with Gasteiger partial charge in [0.05, 0.1) is 25.5 Å². The maximum absolute atomic E-state index is 9.05. The van der Waals surface area contributed by atoms with Crippen molar-refractivity contribution >= 4 is 0 Å². The van der Waals surface area contributed by atoms with Crippen molar-refractivity contribution in [3.8, 4) is 0 Å². The van der Waals surface area contributed by atoms with E-state index in [9.17, 15) is 0 Å². The first-order valence-corrected chi connectivity index (χ1v) is 7.04. The Bertz CT molecular complexity index is 417. The van der Waals surface area contributed by atoms with E-state index in [2.05, 4.69) is 23.8 Å². The van der Waals surface area contributed by atoms with E-state index in [4.69, 9.17) is 9.84 Å². The van der Waals surface area contributed by atoms with E-state index in [-0.39, 0.29) is 6.61 Å². The van der Waals surface area contributed by atoms with E-state index in [1.807, 2.05) is 4.68 Å². The Kier molecular flexibility index (Phi) is 4.96. The molecule has 2 heterocycles. The number of aliphatic hydroxyl groups excluding tert-OH is 1. The van der Waals surface area contributed by atoms with Crippen LogP contribution in [0.4, 0.5) is 0 Å². The summed E-state index contributed by atoms with van der Waals surface area (Å²) < 4.78 is 7.21. The van der Waals surface area contributed by atoms with Crippen molar-refractivity contribution < 1.29 is 9.84 Å². The van der Waals surface area contributed by atoms with Crippen molar-refractivity contribution in [2.24, 2.45) is 0 Å². The monoisotopic (exact) mass is 267 g/mol. The standard InChI is InChI=1S/C14H25N3O2/c1-11-14(12(2)17(15-11)7-8-18)9-16-6-4-5-13(16)10-19-3/h13,18H,4-10H2,1-3H3. The molecule has 1 aromatic rings. The number of aliphatic hydroxyl groups is 1. The van der Waals surface area contributed by atoms with Crippen molar-refractivity contribution in [3.63, 3.8) is 0 Å². The van der Waals surface area contributed by atoms with Crippen molar-refractivity contribution in [1.82, 2.24) is 14.7 Å². The van der Waals surface area contributed by atoms with Gasteiger partial charge in [-0.3, -0.25) is 9.58 Å². The third-order valence-electron chi connectivity index (χ3n) is 4.06. The predicted molar refractivity (Wildman–Crippen MR) is 74.1 cm³/mol. The SMILES string of the molecule is COCC1CCCN1Cc1c(C)nn(CCO)c1C. The number of rotatable bonds is 6. The van der Waals surface area contributed by atoms with Crippen LogP contribution in [0.25, 0.3) is 0 Å². The predicted octanol–water partition coefficient (Wildman–Crippen LogP) is 1.10. The Morgan fingerprint density at radius 3 is 2.89 bits per heavy atom. The zero-order valence-electron chi connectivity index (χ0n) is 12.2. The van der Waals surface area contributed by atoms with Gasteiger partial charge in [-0.25, -0.2) is 0 Å². The first-order chi connectivity index (χ1) is 9.17. The lowest BCUT2D eigenvalue weighted by atomic mass is 10.1. The van der Waals surface area contributed by atoms with Crippen LogP contribution in [0.15, 0.2) is 0 Å². The summed E-state index contributed by atoms with van der Waals surface area (Å²) in [6.07, 6.45) is 2.47. The van der Waals surface area contributed by atoms with E-state index < -0.39 is 0 Å². The average molecular weight is 267 g/mol. The molecule has 1 saturated heterocycles. The number of ether oxygens (including phenoxy) is 1.